The molecule has 1 unspecified atom stereocenters. The Morgan fingerprint density at radius 1 is 1.03 bits per heavy atom. The number of ether oxygens (including phenoxy) is 1. The number of rotatable bonds is 9. The molecule has 2 rings (SSSR count). The summed E-state index contributed by atoms with van der Waals surface area (Å²) in [6.07, 6.45) is 2.45. The van der Waals surface area contributed by atoms with Gasteiger partial charge in [0.2, 0.25) is 8.32 Å². The monoisotopic (exact) mass is 417 g/mol. The van der Waals surface area contributed by atoms with Crippen LogP contribution in [0.4, 0.5) is 0 Å². The number of nitrogens with one attached hydrogen (secondary N) is 1. The molecule has 1 aromatic carbocycles. The Bertz CT molecular complexity index is 847. The molecule has 1 N–H and O–H groups in total. The summed E-state index contributed by atoms with van der Waals surface area (Å²) in [4.78, 5) is 27.0. The van der Waals surface area contributed by atoms with Crippen molar-refractivity contribution >= 4 is 31.0 Å². The van der Waals surface area contributed by atoms with E-state index < -0.39 is 20.1 Å². The Kier molecular flexibility index (Phi) is 7.46. The zero-order chi connectivity index (χ0) is 21.9. The molecule has 0 radical (unpaired) electrons. The molecule has 5 nitrogen and oxygen atoms in total. The van der Waals surface area contributed by atoms with Gasteiger partial charge in [-0.15, -0.1) is 0 Å². The van der Waals surface area contributed by atoms with Gasteiger partial charge in [0, 0.05) is 17.1 Å². The third kappa shape index (κ3) is 4.33. The van der Waals surface area contributed by atoms with Crippen molar-refractivity contribution < 1.29 is 18.8 Å². The predicted molar refractivity (Wildman–Crippen MR) is 120 cm³/mol. The average Bonchev–Trinajstić information content (AvgIpc) is 3.09. The Balaban J connectivity index is 2.44. The topological polar surface area (TPSA) is 68.4 Å². The van der Waals surface area contributed by atoms with Crippen LogP contribution in [0.1, 0.15) is 76.9 Å². The van der Waals surface area contributed by atoms with E-state index in [1.54, 1.807) is 6.20 Å². The van der Waals surface area contributed by atoms with Crippen LogP contribution in [0, 0.1) is 0 Å². The lowest BCUT2D eigenvalue weighted by Crippen LogP contribution is -2.48. The van der Waals surface area contributed by atoms with Crippen LogP contribution in [0.2, 0.25) is 16.6 Å². The summed E-state index contributed by atoms with van der Waals surface area (Å²) in [6.45, 7) is 15.9. The van der Waals surface area contributed by atoms with Crippen molar-refractivity contribution in [1.29, 1.82) is 0 Å². The van der Waals surface area contributed by atoms with E-state index in [1.165, 1.54) is 7.11 Å². The number of hydrogen-bond acceptors (Lipinski definition) is 4. The molecule has 1 atom stereocenters. The molecule has 0 saturated heterocycles. The van der Waals surface area contributed by atoms with Crippen molar-refractivity contribution in [3.8, 4) is 0 Å². The summed E-state index contributed by atoms with van der Waals surface area (Å²) in [7, 11) is -0.807. The molecule has 2 aromatic rings. The number of methoxy groups -OCH3 is 1. The molecule has 1 aromatic heterocycles. The molecule has 0 bridgehead atoms. The number of benzene rings is 1. The summed E-state index contributed by atoms with van der Waals surface area (Å²) in [5.41, 5.74) is 3.78. The van der Waals surface area contributed by atoms with Gasteiger partial charge in [0.15, 0.2) is 0 Å². The van der Waals surface area contributed by atoms with Gasteiger partial charge in [-0.05, 0) is 34.7 Å². The highest BCUT2D eigenvalue weighted by atomic mass is 28.4. The summed E-state index contributed by atoms with van der Waals surface area (Å²) in [5.74, 6) is -1.49. The minimum Gasteiger partial charge on any atom is -0.463 e. The Hall–Kier alpha value is -1.92. The first-order valence-electron chi connectivity index (χ1n) is 10.5. The fraction of sp³-hybridized carbons (Fsp3) is 0.565. The van der Waals surface area contributed by atoms with Gasteiger partial charge >= 0.3 is 5.97 Å². The summed E-state index contributed by atoms with van der Waals surface area (Å²) >= 11 is 0. The summed E-state index contributed by atoms with van der Waals surface area (Å²) < 4.78 is 11.6. The van der Waals surface area contributed by atoms with Crippen LogP contribution in [0.15, 0.2) is 24.4 Å². The molecular weight excluding hydrogens is 382 g/mol. The molecule has 0 amide bonds. The van der Waals surface area contributed by atoms with Crippen LogP contribution in [0.5, 0.6) is 0 Å². The van der Waals surface area contributed by atoms with E-state index in [1.807, 2.05) is 18.2 Å². The molecule has 1 heterocycles. The van der Waals surface area contributed by atoms with Crippen LogP contribution in [0.3, 0.4) is 0 Å². The quantitative estimate of drug-likeness (QED) is 0.229. The summed E-state index contributed by atoms with van der Waals surface area (Å²) in [5, 5.41) is 0.721. The normalized spacial score (nSPS) is 13.5. The first-order chi connectivity index (χ1) is 13.6. The van der Waals surface area contributed by atoms with Crippen molar-refractivity contribution in [3.63, 3.8) is 0 Å². The lowest BCUT2D eigenvalue weighted by Gasteiger charge is -2.44. The van der Waals surface area contributed by atoms with E-state index in [9.17, 15) is 9.59 Å². The molecule has 160 valence electrons. The van der Waals surface area contributed by atoms with Gasteiger partial charge < -0.3 is 14.1 Å². The van der Waals surface area contributed by atoms with Crippen LogP contribution in [0.25, 0.3) is 10.9 Å². The van der Waals surface area contributed by atoms with Gasteiger partial charge in [0.25, 0.3) is 5.78 Å². The van der Waals surface area contributed by atoms with Crippen molar-refractivity contribution in [2.75, 3.05) is 7.11 Å². The molecule has 6 heteroatoms. The lowest BCUT2D eigenvalue weighted by molar-refractivity contribution is -0.135. The zero-order valence-corrected chi connectivity index (χ0v) is 20.0. The van der Waals surface area contributed by atoms with E-state index >= 15 is 0 Å². The molecular formula is C23H35NO4Si. The largest absolute Gasteiger partial charge is 0.463 e. The van der Waals surface area contributed by atoms with Crippen LogP contribution in [-0.4, -0.2) is 32.2 Å². The maximum atomic E-state index is 12.2. The summed E-state index contributed by atoms with van der Waals surface area (Å²) in [6, 6.07) is 5.95. The van der Waals surface area contributed by atoms with E-state index in [0.717, 1.165) is 22.9 Å². The Labute approximate surface area is 175 Å². The van der Waals surface area contributed by atoms with Crippen LogP contribution in [-0.2, 0) is 14.0 Å². The molecule has 29 heavy (non-hydrogen) atoms. The van der Waals surface area contributed by atoms with Crippen LogP contribution < -0.4 is 0 Å². The van der Waals surface area contributed by atoms with Crippen molar-refractivity contribution in [1.82, 2.24) is 4.98 Å². The fourth-order valence-electron chi connectivity index (χ4n) is 4.78. The lowest BCUT2D eigenvalue weighted by atomic mass is 10.0. The highest BCUT2D eigenvalue weighted by molar-refractivity contribution is 6.77. The second kappa shape index (κ2) is 9.26. The van der Waals surface area contributed by atoms with Gasteiger partial charge in [-0.1, -0.05) is 60.6 Å². The zero-order valence-electron chi connectivity index (χ0n) is 19.0. The molecule has 0 saturated carbocycles. The van der Waals surface area contributed by atoms with Gasteiger partial charge in [-0.25, -0.2) is 4.79 Å². The highest BCUT2D eigenvalue weighted by Crippen LogP contribution is 2.45. The first-order valence-corrected chi connectivity index (χ1v) is 12.7. The molecule has 0 spiro atoms. The second-order valence-electron chi connectivity index (χ2n) is 8.66. The third-order valence-corrected chi connectivity index (χ3v) is 12.2. The van der Waals surface area contributed by atoms with Crippen molar-refractivity contribution in [2.24, 2.45) is 0 Å². The number of ketones is 1. The Morgan fingerprint density at radius 2 is 1.62 bits per heavy atom. The number of H-pyrrole nitrogens is 1. The number of aromatic amines is 1. The average molecular weight is 418 g/mol. The molecule has 0 fully saturated rings. The molecule has 0 aliphatic heterocycles. The van der Waals surface area contributed by atoms with Crippen molar-refractivity contribution in [2.45, 2.75) is 77.6 Å². The smallest absolute Gasteiger partial charge is 0.379 e. The van der Waals surface area contributed by atoms with E-state index in [2.05, 4.69) is 58.2 Å². The number of fused-ring (bicyclic) bond motifs is 1. The minimum absolute atomic E-state index is 0.00123. The Morgan fingerprint density at radius 3 is 2.10 bits per heavy atom. The maximum absolute atomic E-state index is 12.2. The maximum Gasteiger partial charge on any atom is 0.379 e. The second-order valence-corrected chi connectivity index (χ2v) is 14.1. The number of carbonyl (C=O) groups is 2. The standard InChI is InChI=1S/C23H35NO4Si/c1-9-21(28-29(14(2)3,15(4)5)16(6)7)17-10-11-18-19(13-24-20(18)12-17)22(25)23(26)27-8/h10-16,21,24H,9H2,1-8H3. The van der Waals surface area contributed by atoms with E-state index in [4.69, 9.17) is 4.43 Å². The third-order valence-electron chi connectivity index (χ3n) is 6.12. The fourth-order valence-corrected chi connectivity index (χ4v) is 10.4. The van der Waals surface area contributed by atoms with Gasteiger partial charge in [0.1, 0.15) is 0 Å². The molecule has 0 aliphatic carbocycles. The first kappa shape index (κ1) is 23.4. The number of esters is 1. The number of aromatic nitrogens is 1. The highest BCUT2D eigenvalue weighted by Gasteiger charge is 2.46. The number of hydrogen-bond donors (Lipinski definition) is 1. The van der Waals surface area contributed by atoms with Crippen molar-refractivity contribution in [3.05, 3.63) is 35.5 Å². The molecule has 0 aliphatic rings. The van der Waals surface area contributed by atoms with Gasteiger partial charge in [-0.3, -0.25) is 4.79 Å². The predicted octanol–water partition coefficient (Wildman–Crippen LogP) is 6.17. The SMILES string of the molecule is CCC(O[Si](C(C)C)(C(C)C)C(C)C)c1ccc2c(C(=O)C(=O)OC)c[nH]c2c1. The minimum atomic E-state index is -2.02. The van der Waals surface area contributed by atoms with E-state index in [0.29, 0.717) is 22.2 Å². The van der Waals surface area contributed by atoms with E-state index in [-0.39, 0.29) is 6.10 Å². The van der Waals surface area contributed by atoms with Gasteiger partial charge in [0.05, 0.1) is 18.8 Å². The van der Waals surface area contributed by atoms with Gasteiger partial charge in [-0.2, -0.15) is 0 Å². The number of carbonyl (C=O) groups excluding carboxylic acids is 2. The number of Topliss-reactive ketones (excluding diaryl/α,β-unsaturated/α-hetero) is 1. The van der Waals surface area contributed by atoms with Crippen LogP contribution >= 0.6 is 0 Å².